The van der Waals surface area contributed by atoms with Crippen LogP contribution in [0.1, 0.15) is 5.82 Å². The van der Waals surface area contributed by atoms with Crippen molar-refractivity contribution in [1.29, 1.82) is 0 Å². The predicted molar refractivity (Wildman–Crippen MR) is 47.6 cm³/mol. The maximum atomic E-state index is 8.36. The van der Waals surface area contributed by atoms with E-state index in [4.69, 9.17) is 15.6 Å². The molecule has 0 atom stereocenters. The maximum absolute atomic E-state index is 8.36. The van der Waals surface area contributed by atoms with Gasteiger partial charge in [-0.1, -0.05) is 5.16 Å². The molecule has 1 heterocycles. The van der Waals surface area contributed by atoms with E-state index < -0.39 is 0 Å². The number of hydrogen-bond acceptors (Lipinski definition) is 7. The highest BCUT2D eigenvalue weighted by molar-refractivity contribution is 7.09. The van der Waals surface area contributed by atoms with Crippen LogP contribution in [0.5, 0.6) is 0 Å². The van der Waals surface area contributed by atoms with Crippen molar-refractivity contribution >= 4 is 29.4 Å². The molecule has 0 spiro atoms. The van der Waals surface area contributed by atoms with Gasteiger partial charge in [0.2, 0.25) is 0 Å². The number of carboxylic acid groups (broad SMARTS) is 1. The van der Waals surface area contributed by atoms with Crippen LogP contribution in [0.2, 0.25) is 0 Å². The summed E-state index contributed by atoms with van der Waals surface area (Å²) in [5.74, 6) is 0.476. The molecule has 0 radical (unpaired) electrons. The third-order valence-electron chi connectivity index (χ3n) is 0.731. The number of carbonyl (C=O) groups is 1. The van der Waals surface area contributed by atoms with E-state index in [-0.39, 0.29) is 6.47 Å². The first-order chi connectivity index (χ1) is 6.24. The lowest BCUT2D eigenvalue weighted by atomic mass is 10.7. The summed E-state index contributed by atoms with van der Waals surface area (Å²) in [5.41, 5.74) is 5.29. The Balaban J connectivity index is 0.000000424. The van der Waals surface area contributed by atoms with Crippen LogP contribution in [0.3, 0.4) is 0 Å². The number of rotatable bonds is 2. The predicted octanol–water partition coefficient (Wildman–Crippen LogP) is -0.199. The van der Waals surface area contributed by atoms with Crippen molar-refractivity contribution < 1.29 is 14.7 Å². The maximum Gasteiger partial charge on any atom is 0.290 e. The van der Waals surface area contributed by atoms with Crippen molar-refractivity contribution in [2.75, 3.05) is 12.8 Å². The Morgan fingerprint density at radius 3 is 2.77 bits per heavy atom. The monoisotopic (exact) mass is 204 g/mol. The first-order valence-corrected chi connectivity index (χ1v) is 3.75. The zero-order chi connectivity index (χ0) is 10.1. The zero-order valence-electron chi connectivity index (χ0n) is 6.75. The summed E-state index contributed by atoms with van der Waals surface area (Å²) < 4.78 is 3.83. The number of nitrogens with zero attached hydrogens (tertiary/aromatic N) is 3. The van der Waals surface area contributed by atoms with Gasteiger partial charge in [0.05, 0.1) is 0 Å². The molecule has 0 fully saturated rings. The highest BCUT2D eigenvalue weighted by Crippen LogP contribution is 2.02. The average Bonchev–Trinajstić information content (AvgIpc) is 2.49. The minimum absolute atomic E-state index is 0.250. The van der Waals surface area contributed by atoms with Gasteiger partial charge in [-0.15, -0.1) is 0 Å². The van der Waals surface area contributed by atoms with Crippen molar-refractivity contribution in [3.63, 3.8) is 0 Å². The van der Waals surface area contributed by atoms with Gasteiger partial charge in [-0.25, -0.2) is 0 Å². The molecule has 13 heavy (non-hydrogen) atoms. The third-order valence-corrected chi connectivity index (χ3v) is 1.29. The van der Waals surface area contributed by atoms with E-state index in [1.165, 1.54) is 13.3 Å². The largest absolute Gasteiger partial charge is 0.483 e. The molecule has 0 amide bonds. The summed E-state index contributed by atoms with van der Waals surface area (Å²) in [6, 6.07) is 0. The topological polar surface area (TPSA) is 111 Å². The molecule has 0 saturated carbocycles. The molecule has 0 aliphatic rings. The number of hydrogen-bond donors (Lipinski definition) is 2. The van der Waals surface area contributed by atoms with E-state index in [2.05, 4.69) is 19.4 Å². The fourth-order valence-electron chi connectivity index (χ4n) is 0.400. The summed E-state index contributed by atoms with van der Waals surface area (Å²) >= 11 is 1.12. The van der Waals surface area contributed by atoms with Crippen LogP contribution in [0.15, 0.2) is 5.16 Å². The minimum Gasteiger partial charge on any atom is -0.483 e. The molecular weight excluding hydrogens is 196 g/mol. The second-order valence-electron chi connectivity index (χ2n) is 1.51. The van der Waals surface area contributed by atoms with Crippen LogP contribution in [0.4, 0.5) is 5.13 Å². The van der Waals surface area contributed by atoms with E-state index in [0.29, 0.717) is 11.0 Å². The van der Waals surface area contributed by atoms with E-state index in [0.717, 1.165) is 11.5 Å². The number of anilines is 1. The van der Waals surface area contributed by atoms with Crippen LogP contribution >= 0.6 is 11.5 Å². The van der Waals surface area contributed by atoms with E-state index in [9.17, 15) is 0 Å². The molecule has 1 aromatic heterocycles. The summed E-state index contributed by atoms with van der Waals surface area (Å²) in [7, 11) is 1.45. The Labute approximate surface area is 78.0 Å². The third kappa shape index (κ3) is 5.56. The number of nitrogen functional groups attached to an aromatic ring is 1. The number of aromatic nitrogens is 2. The molecule has 0 bridgehead atoms. The van der Waals surface area contributed by atoms with Crippen LogP contribution in [0.25, 0.3) is 0 Å². The van der Waals surface area contributed by atoms with Crippen LogP contribution in [-0.2, 0) is 9.63 Å². The Morgan fingerprint density at radius 1 is 1.77 bits per heavy atom. The van der Waals surface area contributed by atoms with E-state index in [1.54, 1.807) is 0 Å². The van der Waals surface area contributed by atoms with Gasteiger partial charge in [0.15, 0.2) is 11.0 Å². The Hall–Kier alpha value is -1.70. The average molecular weight is 204 g/mol. The molecule has 0 aliphatic carbocycles. The molecule has 1 rings (SSSR count). The van der Waals surface area contributed by atoms with Crippen molar-refractivity contribution in [1.82, 2.24) is 9.36 Å². The highest BCUT2D eigenvalue weighted by Gasteiger charge is 1.94. The van der Waals surface area contributed by atoms with Crippen LogP contribution in [-0.4, -0.2) is 34.3 Å². The Kier molecular flexibility index (Phi) is 6.06. The lowest BCUT2D eigenvalue weighted by Crippen LogP contribution is -1.86. The normalized spacial score (nSPS) is 9.00. The lowest BCUT2D eigenvalue weighted by molar-refractivity contribution is -0.122. The van der Waals surface area contributed by atoms with Gasteiger partial charge in [-0.3, -0.25) is 4.79 Å². The van der Waals surface area contributed by atoms with Crippen molar-refractivity contribution in [2.45, 2.75) is 0 Å². The smallest absolute Gasteiger partial charge is 0.290 e. The molecule has 1 aromatic rings. The second-order valence-corrected chi connectivity index (χ2v) is 2.30. The SMILES string of the molecule is CO/N=C/c1nsc(N)n1.O=CO. The molecule has 0 aromatic carbocycles. The van der Waals surface area contributed by atoms with Crippen molar-refractivity contribution in [3.05, 3.63) is 5.82 Å². The van der Waals surface area contributed by atoms with Gasteiger partial charge in [-0.05, 0) is 0 Å². The molecule has 0 unspecified atom stereocenters. The first-order valence-electron chi connectivity index (χ1n) is 2.98. The minimum atomic E-state index is -0.250. The van der Waals surface area contributed by atoms with Crippen LogP contribution in [0, 0.1) is 0 Å². The molecular formula is C5H8N4O3S. The fourth-order valence-corrected chi connectivity index (χ4v) is 0.809. The standard InChI is InChI=1S/C4H6N4OS.CH2O2/c1-9-6-2-3-7-4(5)10-8-3;2-1-3/h2H,1H3,(H2,5,7,8);1H,(H,2,3)/b6-2+;. The Bertz CT molecular complexity index is 274. The van der Waals surface area contributed by atoms with E-state index in [1.807, 2.05) is 0 Å². The second kappa shape index (κ2) is 6.98. The number of oxime groups is 1. The van der Waals surface area contributed by atoms with Crippen molar-refractivity contribution in [3.8, 4) is 0 Å². The van der Waals surface area contributed by atoms with Gasteiger partial charge in [0, 0.05) is 11.5 Å². The molecule has 7 nitrogen and oxygen atoms in total. The highest BCUT2D eigenvalue weighted by atomic mass is 32.1. The molecule has 3 N–H and O–H groups in total. The molecule has 0 aliphatic heterocycles. The molecule has 72 valence electrons. The van der Waals surface area contributed by atoms with Gasteiger partial charge in [0.1, 0.15) is 13.3 Å². The van der Waals surface area contributed by atoms with Gasteiger partial charge >= 0.3 is 0 Å². The van der Waals surface area contributed by atoms with Gasteiger partial charge in [0.25, 0.3) is 6.47 Å². The van der Waals surface area contributed by atoms with Gasteiger partial charge < -0.3 is 15.7 Å². The van der Waals surface area contributed by atoms with Crippen molar-refractivity contribution in [2.24, 2.45) is 5.16 Å². The first kappa shape index (κ1) is 11.3. The van der Waals surface area contributed by atoms with Crippen LogP contribution < -0.4 is 5.73 Å². The van der Waals surface area contributed by atoms with Gasteiger partial charge in [-0.2, -0.15) is 9.36 Å². The molecule has 8 heteroatoms. The summed E-state index contributed by atoms with van der Waals surface area (Å²) in [5, 5.41) is 10.8. The molecule has 0 saturated heterocycles. The zero-order valence-corrected chi connectivity index (χ0v) is 7.56. The summed E-state index contributed by atoms with van der Waals surface area (Å²) in [4.78, 5) is 16.6. The summed E-state index contributed by atoms with van der Waals surface area (Å²) in [6.45, 7) is -0.250. The fraction of sp³-hybridized carbons (Fsp3) is 0.200. The lowest BCUT2D eigenvalue weighted by Gasteiger charge is -1.80. The number of nitrogens with two attached hydrogens (primary N) is 1. The Morgan fingerprint density at radius 2 is 2.38 bits per heavy atom. The summed E-state index contributed by atoms with van der Waals surface area (Å²) in [6.07, 6.45) is 1.40. The quantitative estimate of drug-likeness (QED) is 0.392. The van der Waals surface area contributed by atoms with E-state index >= 15 is 0 Å².